The van der Waals surface area contributed by atoms with Crippen molar-refractivity contribution in [1.82, 2.24) is 0 Å². The lowest BCUT2D eigenvalue weighted by Crippen LogP contribution is -2.18. The molecule has 0 fully saturated rings. The monoisotopic (exact) mass is 235 g/mol. The molecule has 18 heavy (non-hydrogen) atoms. The van der Waals surface area contributed by atoms with Crippen LogP contribution < -0.4 is 0 Å². The van der Waals surface area contributed by atoms with Crippen LogP contribution in [0.5, 0.6) is 0 Å². The molecule has 2 heteroatoms. The summed E-state index contributed by atoms with van der Waals surface area (Å²) in [5, 5.41) is 0. The van der Waals surface area contributed by atoms with E-state index in [1.54, 1.807) is 0 Å². The lowest BCUT2D eigenvalue weighted by Gasteiger charge is -2.21. The van der Waals surface area contributed by atoms with Crippen molar-refractivity contribution in [1.29, 1.82) is 0 Å². The average molecular weight is 235 g/mol. The Kier molecular flexibility index (Phi) is 1.95. The summed E-state index contributed by atoms with van der Waals surface area (Å²) in [6.45, 7) is 0. The lowest BCUT2D eigenvalue weighted by molar-refractivity contribution is -0.114. The second-order valence-corrected chi connectivity index (χ2v) is 5.07. The molecule has 4 rings (SSSR count). The number of dihydropyridines is 1. The molecule has 2 nitrogen and oxygen atoms in total. The predicted molar refractivity (Wildman–Crippen MR) is 70.7 cm³/mol. The quantitative estimate of drug-likeness (QED) is 0.679. The van der Waals surface area contributed by atoms with Crippen molar-refractivity contribution in [2.45, 2.75) is 25.7 Å². The molecule has 0 N–H and O–H groups in total. The Morgan fingerprint density at radius 3 is 2.94 bits per heavy atom. The highest BCUT2D eigenvalue weighted by Gasteiger charge is 2.33. The summed E-state index contributed by atoms with van der Waals surface area (Å²) in [6, 6.07) is 8.29. The molecule has 0 saturated heterocycles. The molecule has 88 valence electrons. The standard InChI is InChI=1S/C16H13NO/c18-16-13-8-4-3-7-12(13)14-9-10-5-1-2-6-11(10)15(14)17-16/h1-2,5-6,8H,3-4,7,9H2. The molecule has 0 saturated carbocycles. The number of amides is 1. The van der Waals surface area contributed by atoms with Crippen molar-refractivity contribution in [2.75, 3.05) is 0 Å². The van der Waals surface area contributed by atoms with Gasteiger partial charge >= 0.3 is 0 Å². The summed E-state index contributed by atoms with van der Waals surface area (Å²) in [6.07, 6.45) is 6.20. The number of allylic oxidation sites excluding steroid dienone is 2. The van der Waals surface area contributed by atoms with E-state index < -0.39 is 0 Å². The largest absolute Gasteiger partial charge is 0.277 e. The van der Waals surface area contributed by atoms with Gasteiger partial charge in [0, 0.05) is 17.6 Å². The Bertz CT molecular complexity index is 661. The summed E-state index contributed by atoms with van der Waals surface area (Å²) in [7, 11) is 0. The van der Waals surface area contributed by atoms with E-state index in [2.05, 4.69) is 29.3 Å². The van der Waals surface area contributed by atoms with Crippen LogP contribution in [-0.2, 0) is 11.2 Å². The zero-order valence-electron chi connectivity index (χ0n) is 10.1. The van der Waals surface area contributed by atoms with E-state index in [4.69, 9.17) is 0 Å². The third-order valence-electron chi connectivity index (χ3n) is 4.04. The smallest absolute Gasteiger partial charge is 0.267 e. The predicted octanol–water partition coefficient (Wildman–Crippen LogP) is 2.98. The SMILES string of the molecule is O=C1N=C2C(=C3CCCC=C13)Cc1ccccc12. The topological polar surface area (TPSA) is 29.4 Å². The Hall–Kier alpha value is -1.96. The summed E-state index contributed by atoms with van der Waals surface area (Å²) >= 11 is 0. The van der Waals surface area contributed by atoms with Crippen molar-refractivity contribution in [3.63, 3.8) is 0 Å². The molecule has 0 aromatic heterocycles. The fourth-order valence-electron chi connectivity index (χ4n) is 3.19. The second kappa shape index (κ2) is 3.52. The number of hydrogen-bond acceptors (Lipinski definition) is 1. The first-order chi connectivity index (χ1) is 8.84. The van der Waals surface area contributed by atoms with Crippen LogP contribution in [0, 0.1) is 0 Å². The van der Waals surface area contributed by atoms with Crippen LogP contribution in [0.2, 0.25) is 0 Å². The Morgan fingerprint density at radius 2 is 2.00 bits per heavy atom. The number of carbonyl (C=O) groups is 1. The minimum absolute atomic E-state index is 0.0415. The molecule has 0 bridgehead atoms. The first kappa shape index (κ1) is 10.0. The molecule has 1 heterocycles. The van der Waals surface area contributed by atoms with E-state index in [0.29, 0.717) is 0 Å². The van der Waals surface area contributed by atoms with Gasteiger partial charge in [-0.3, -0.25) is 4.79 Å². The molecule has 1 aromatic carbocycles. The molecular formula is C16H13NO. The highest BCUT2D eigenvalue weighted by Crippen LogP contribution is 2.38. The van der Waals surface area contributed by atoms with Crippen LogP contribution in [0.4, 0.5) is 0 Å². The van der Waals surface area contributed by atoms with Gasteiger partial charge in [0.2, 0.25) is 0 Å². The van der Waals surface area contributed by atoms with Gasteiger partial charge in [-0.25, -0.2) is 4.99 Å². The molecule has 0 radical (unpaired) electrons. The van der Waals surface area contributed by atoms with Gasteiger partial charge in [0.05, 0.1) is 5.71 Å². The Balaban J connectivity index is 1.98. The number of aliphatic imine (C=N–C) groups is 1. The van der Waals surface area contributed by atoms with Gasteiger partial charge in [0.1, 0.15) is 0 Å². The van der Waals surface area contributed by atoms with E-state index >= 15 is 0 Å². The van der Waals surface area contributed by atoms with Gasteiger partial charge < -0.3 is 0 Å². The number of hydrogen-bond donors (Lipinski definition) is 0. The van der Waals surface area contributed by atoms with Crippen LogP contribution in [0.3, 0.4) is 0 Å². The minimum atomic E-state index is -0.0415. The maximum atomic E-state index is 12.1. The molecule has 2 aliphatic carbocycles. The van der Waals surface area contributed by atoms with E-state index in [-0.39, 0.29) is 5.91 Å². The molecule has 1 amide bonds. The fraction of sp³-hybridized carbons (Fsp3) is 0.250. The van der Waals surface area contributed by atoms with Crippen LogP contribution in [0.25, 0.3) is 0 Å². The van der Waals surface area contributed by atoms with E-state index in [9.17, 15) is 4.79 Å². The zero-order chi connectivity index (χ0) is 12.1. The van der Waals surface area contributed by atoms with Crippen molar-refractivity contribution in [3.8, 4) is 0 Å². The molecular weight excluding hydrogens is 222 g/mol. The summed E-state index contributed by atoms with van der Waals surface area (Å²) < 4.78 is 0. The first-order valence-corrected chi connectivity index (χ1v) is 6.49. The molecule has 1 aliphatic heterocycles. The van der Waals surface area contributed by atoms with Gasteiger partial charge in [0.25, 0.3) is 5.91 Å². The van der Waals surface area contributed by atoms with E-state index in [1.165, 1.54) is 16.7 Å². The Labute approximate surface area is 106 Å². The molecule has 1 aromatic rings. The average Bonchev–Trinajstić information content (AvgIpc) is 2.78. The lowest BCUT2D eigenvalue weighted by atomic mass is 9.86. The van der Waals surface area contributed by atoms with Crippen LogP contribution >= 0.6 is 0 Å². The van der Waals surface area contributed by atoms with Gasteiger partial charge in [-0.1, -0.05) is 30.3 Å². The van der Waals surface area contributed by atoms with Crippen LogP contribution in [0.15, 0.2) is 52.1 Å². The number of rotatable bonds is 0. The molecule has 3 aliphatic rings. The van der Waals surface area contributed by atoms with Gasteiger partial charge in [-0.2, -0.15) is 0 Å². The van der Waals surface area contributed by atoms with Gasteiger partial charge in [0.15, 0.2) is 0 Å². The molecule has 0 spiro atoms. The Morgan fingerprint density at radius 1 is 1.11 bits per heavy atom. The minimum Gasteiger partial charge on any atom is -0.267 e. The third-order valence-corrected chi connectivity index (χ3v) is 4.04. The van der Waals surface area contributed by atoms with Gasteiger partial charge in [-0.05, 0) is 36.0 Å². The van der Waals surface area contributed by atoms with Crippen molar-refractivity contribution in [2.24, 2.45) is 4.99 Å². The van der Waals surface area contributed by atoms with Gasteiger partial charge in [-0.15, -0.1) is 0 Å². The normalized spacial score (nSPS) is 21.0. The first-order valence-electron chi connectivity index (χ1n) is 6.49. The molecule has 0 atom stereocenters. The number of benzene rings is 1. The van der Waals surface area contributed by atoms with Crippen molar-refractivity contribution >= 4 is 11.6 Å². The highest BCUT2D eigenvalue weighted by atomic mass is 16.1. The third kappa shape index (κ3) is 1.23. The summed E-state index contributed by atoms with van der Waals surface area (Å²) in [5.74, 6) is -0.0415. The van der Waals surface area contributed by atoms with E-state index in [1.807, 2.05) is 6.07 Å². The summed E-state index contributed by atoms with van der Waals surface area (Å²) in [5.41, 5.74) is 6.81. The van der Waals surface area contributed by atoms with Crippen LogP contribution in [-0.4, -0.2) is 11.6 Å². The second-order valence-electron chi connectivity index (χ2n) is 5.07. The maximum Gasteiger partial charge on any atom is 0.277 e. The number of nitrogens with zero attached hydrogens (tertiary/aromatic N) is 1. The van der Waals surface area contributed by atoms with Crippen molar-refractivity contribution < 1.29 is 4.79 Å². The number of carbonyl (C=O) groups excluding carboxylic acids is 1. The zero-order valence-corrected chi connectivity index (χ0v) is 10.1. The van der Waals surface area contributed by atoms with Crippen molar-refractivity contribution in [3.05, 3.63) is 58.2 Å². The fourth-order valence-corrected chi connectivity index (χ4v) is 3.19. The molecule has 0 unspecified atom stereocenters. The summed E-state index contributed by atoms with van der Waals surface area (Å²) in [4.78, 5) is 16.4. The maximum absolute atomic E-state index is 12.1. The van der Waals surface area contributed by atoms with E-state index in [0.717, 1.165) is 42.5 Å². The van der Waals surface area contributed by atoms with Crippen LogP contribution in [0.1, 0.15) is 30.4 Å². The number of fused-ring (bicyclic) bond motifs is 4. The highest BCUT2D eigenvalue weighted by molar-refractivity contribution is 6.25.